The molecule has 0 radical (unpaired) electrons. The zero-order valence-corrected chi connectivity index (χ0v) is 11.1. The van der Waals surface area contributed by atoms with Crippen molar-refractivity contribution in [3.05, 3.63) is 11.9 Å². The minimum Gasteiger partial charge on any atom is -0.394 e. The van der Waals surface area contributed by atoms with Gasteiger partial charge >= 0.3 is 0 Å². The van der Waals surface area contributed by atoms with Crippen LogP contribution >= 0.6 is 0 Å². The van der Waals surface area contributed by atoms with E-state index in [1.54, 1.807) is 0 Å². The summed E-state index contributed by atoms with van der Waals surface area (Å²) in [6.45, 7) is 2.54. The molecule has 0 aliphatic heterocycles. The highest BCUT2D eigenvalue weighted by Gasteiger charge is 2.28. The van der Waals surface area contributed by atoms with Crippen molar-refractivity contribution < 1.29 is 15.3 Å². The van der Waals surface area contributed by atoms with E-state index in [-0.39, 0.29) is 5.92 Å². The lowest BCUT2D eigenvalue weighted by atomic mass is 10.0. The van der Waals surface area contributed by atoms with E-state index in [1.165, 1.54) is 6.07 Å². The summed E-state index contributed by atoms with van der Waals surface area (Å²) in [6, 6.07) is 1.53. The molecule has 0 aliphatic carbocycles. The average molecular weight is 271 g/mol. The van der Waals surface area contributed by atoms with Gasteiger partial charge in [-0.25, -0.2) is 15.8 Å². The van der Waals surface area contributed by atoms with Crippen LogP contribution in [-0.2, 0) is 0 Å². The Morgan fingerprint density at radius 1 is 1.16 bits per heavy atom. The number of anilines is 2. The molecule has 0 bridgehead atoms. The molecule has 1 heterocycles. The summed E-state index contributed by atoms with van der Waals surface area (Å²) in [5.74, 6) is 6.74. The van der Waals surface area contributed by atoms with Crippen LogP contribution in [-0.4, -0.2) is 50.6 Å². The van der Waals surface area contributed by atoms with Crippen LogP contribution in [0, 0.1) is 0 Å². The fourth-order valence-corrected chi connectivity index (χ4v) is 1.40. The van der Waals surface area contributed by atoms with Gasteiger partial charge in [-0.3, -0.25) is 0 Å². The second-order valence-corrected chi connectivity index (χ2v) is 4.68. The molecule has 1 aromatic rings. The second kappa shape index (κ2) is 6.62. The van der Waals surface area contributed by atoms with E-state index >= 15 is 0 Å². The highest BCUT2D eigenvalue weighted by molar-refractivity contribution is 5.48. The Morgan fingerprint density at radius 3 is 2.11 bits per heavy atom. The maximum atomic E-state index is 9.28. The van der Waals surface area contributed by atoms with Gasteiger partial charge in [-0.1, -0.05) is 13.8 Å². The molecule has 1 aromatic heterocycles. The van der Waals surface area contributed by atoms with Crippen LogP contribution in [0.25, 0.3) is 0 Å². The van der Waals surface area contributed by atoms with E-state index in [1.807, 2.05) is 13.8 Å². The van der Waals surface area contributed by atoms with Gasteiger partial charge in [0.15, 0.2) is 0 Å². The van der Waals surface area contributed by atoms with Gasteiger partial charge < -0.3 is 26.1 Å². The van der Waals surface area contributed by atoms with Crippen molar-refractivity contribution >= 4 is 11.6 Å². The van der Waals surface area contributed by atoms with Gasteiger partial charge in [0.1, 0.15) is 23.0 Å². The second-order valence-electron chi connectivity index (χ2n) is 4.68. The Bertz CT molecular complexity index is 401. The predicted molar refractivity (Wildman–Crippen MR) is 71.5 cm³/mol. The first-order valence-electron chi connectivity index (χ1n) is 5.96. The smallest absolute Gasteiger partial charge is 0.145 e. The average Bonchev–Trinajstić information content (AvgIpc) is 2.44. The maximum absolute atomic E-state index is 9.28. The molecule has 0 spiro atoms. The van der Waals surface area contributed by atoms with Crippen LogP contribution in [0.3, 0.4) is 0 Å². The van der Waals surface area contributed by atoms with Crippen LogP contribution in [0.4, 0.5) is 11.6 Å². The van der Waals surface area contributed by atoms with Crippen LogP contribution in [0.1, 0.15) is 25.6 Å². The lowest BCUT2D eigenvalue weighted by molar-refractivity contribution is 0.0831. The minimum atomic E-state index is -1.24. The number of nitrogens with one attached hydrogen (secondary N) is 2. The zero-order chi connectivity index (χ0) is 14.5. The van der Waals surface area contributed by atoms with Gasteiger partial charge in [0.25, 0.3) is 0 Å². The third-order valence-electron chi connectivity index (χ3n) is 2.71. The number of hydrazine groups is 1. The van der Waals surface area contributed by atoms with Gasteiger partial charge in [0.05, 0.1) is 19.8 Å². The van der Waals surface area contributed by atoms with E-state index in [2.05, 4.69) is 20.7 Å². The molecular formula is C11H21N5O3. The summed E-state index contributed by atoms with van der Waals surface area (Å²) in [7, 11) is 0. The minimum absolute atomic E-state index is 0.0839. The predicted octanol–water partition coefficient (Wildman–Crippen LogP) is -0.987. The quantitative estimate of drug-likeness (QED) is 0.275. The molecule has 0 fully saturated rings. The van der Waals surface area contributed by atoms with Crippen molar-refractivity contribution in [1.29, 1.82) is 0 Å². The standard InChI is InChI=1S/C11H21N5O3/c1-7(2)10-13-8(3-9(14-10)16-12)15-11(4-17,5-18)6-19/h3,7,17-19H,4-6,12H2,1-2H3,(H2,13,14,15,16). The van der Waals surface area contributed by atoms with Gasteiger partial charge in [-0.15, -0.1) is 0 Å². The Hall–Kier alpha value is -1.48. The summed E-state index contributed by atoms with van der Waals surface area (Å²) >= 11 is 0. The number of aromatic nitrogens is 2. The molecule has 1 rings (SSSR count). The molecule has 0 saturated heterocycles. The van der Waals surface area contributed by atoms with Crippen LogP contribution in [0.15, 0.2) is 6.07 Å². The molecule has 0 saturated carbocycles. The lowest BCUT2D eigenvalue weighted by Crippen LogP contribution is -2.49. The lowest BCUT2D eigenvalue weighted by Gasteiger charge is -2.29. The summed E-state index contributed by atoms with van der Waals surface area (Å²) < 4.78 is 0. The summed E-state index contributed by atoms with van der Waals surface area (Å²) in [4.78, 5) is 8.44. The monoisotopic (exact) mass is 271 g/mol. The number of nitrogen functional groups attached to an aromatic ring is 1. The van der Waals surface area contributed by atoms with Gasteiger partial charge in [-0.2, -0.15) is 0 Å². The maximum Gasteiger partial charge on any atom is 0.145 e. The number of nitrogens with zero attached hydrogens (tertiary/aromatic N) is 2. The molecule has 108 valence electrons. The van der Waals surface area contributed by atoms with E-state index in [0.29, 0.717) is 17.5 Å². The molecule has 19 heavy (non-hydrogen) atoms. The molecule has 8 nitrogen and oxygen atoms in total. The van der Waals surface area contributed by atoms with E-state index in [4.69, 9.17) is 5.84 Å². The molecule has 7 N–H and O–H groups in total. The molecule has 0 aliphatic rings. The van der Waals surface area contributed by atoms with Crippen molar-refractivity contribution in [2.24, 2.45) is 5.84 Å². The first kappa shape index (κ1) is 15.6. The van der Waals surface area contributed by atoms with Gasteiger partial charge in [0, 0.05) is 12.0 Å². The number of hydrogen-bond acceptors (Lipinski definition) is 8. The fourth-order valence-electron chi connectivity index (χ4n) is 1.40. The summed E-state index contributed by atoms with van der Waals surface area (Å²) in [5, 5.41) is 30.6. The summed E-state index contributed by atoms with van der Waals surface area (Å²) in [5.41, 5.74) is 1.18. The zero-order valence-electron chi connectivity index (χ0n) is 11.1. The summed E-state index contributed by atoms with van der Waals surface area (Å²) in [6.07, 6.45) is 0. The highest BCUT2D eigenvalue weighted by atomic mass is 16.3. The SMILES string of the molecule is CC(C)c1nc(NN)cc(NC(CO)(CO)CO)n1. The van der Waals surface area contributed by atoms with Crippen molar-refractivity contribution in [3.63, 3.8) is 0 Å². The van der Waals surface area contributed by atoms with E-state index < -0.39 is 25.4 Å². The molecule has 0 unspecified atom stereocenters. The third kappa shape index (κ3) is 3.74. The Balaban J connectivity index is 3.08. The number of aliphatic hydroxyl groups is 3. The largest absolute Gasteiger partial charge is 0.394 e. The van der Waals surface area contributed by atoms with Crippen molar-refractivity contribution in [2.75, 3.05) is 30.6 Å². The highest BCUT2D eigenvalue weighted by Crippen LogP contribution is 2.19. The first-order valence-corrected chi connectivity index (χ1v) is 5.96. The van der Waals surface area contributed by atoms with Gasteiger partial charge in [0.2, 0.25) is 0 Å². The van der Waals surface area contributed by atoms with Crippen molar-refractivity contribution in [3.8, 4) is 0 Å². The van der Waals surface area contributed by atoms with Crippen molar-refractivity contribution in [2.45, 2.75) is 25.3 Å². The van der Waals surface area contributed by atoms with Crippen molar-refractivity contribution in [1.82, 2.24) is 9.97 Å². The number of hydrogen-bond donors (Lipinski definition) is 6. The Kier molecular flexibility index (Phi) is 5.43. The topological polar surface area (TPSA) is 137 Å². The normalized spacial score (nSPS) is 11.7. The fraction of sp³-hybridized carbons (Fsp3) is 0.636. The first-order chi connectivity index (χ1) is 9.00. The Labute approximate surface area is 111 Å². The number of nitrogens with two attached hydrogens (primary N) is 1. The molecule has 8 heteroatoms. The molecule has 0 aromatic carbocycles. The molecule has 0 atom stereocenters. The van der Waals surface area contributed by atoms with Crippen LogP contribution < -0.4 is 16.6 Å². The van der Waals surface area contributed by atoms with Crippen LogP contribution in [0.2, 0.25) is 0 Å². The Morgan fingerprint density at radius 2 is 1.68 bits per heavy atom. The number of aliphatic hydroxyl groups excluding tert-OH is 3. The molecule has 0 amide bonds. The molecular weight excluding hydrogens is 250 g/mol. The number of rotatable bonds is 7. The van der Waals surface area contributed by atoms with Crippen LogP contribution in [0.5, 0.6) is 0 Å². The van der Waals surface area contributed by atoms with Gasteiger partial charge in [-0.05, 0) is 0 Å². The van der Waals surface area contributed by atoms with E-state index in [0.717, 1.165) is 0 Å². The van der Waals surface area contributed by atoms with E-state index in [9.17, 15) is 15.3 Å². The third-order valence-corrected chi connectivity index (χ3v) is 2.71.